The first-order valence-electron chi connectivity index (χ1n) is 9.49. The Balaban J connectivity index is 1.34. The summed E-state index contributed by atoms with van der Waals surface area (Å²) in [6, 6.07) is 11.7. The molecule has 3 heterocycles. The molecule has 1 aliphatic rings. The smallest absolute Gasteiger partial charge is 0.235 e. The first-order chi connectivity index (χ1) is 14.2. The highest BCUT2D eigenvalue weighted by Crippen LogP contribution is 2.40. The van der Waals surface area contributed by atoms with Crippen molar-refractivity contribution in [2.24, 2.45) is 0 Å². The topological polar surface area (TPSA) is 72.7 Å². The van der Waals surface area contributed by atoms with Crippen LogP contribution >= 0.6 is 23.1 Å². The molecule has 0 atom stereocenters. The van der Waals surface area contributed by atoms with E-state index >= 15 is 0 Å². The highest BCUT2D eigenvalue weighted by Gasteiger charge is 2.22. The van der Waals surface area contributed by atoms with E-state index in [1.807, 2.05) is 43.3 Å². The number of hydrogen-bond donors (Lipinski definition) is 1. The molecule has 3 aromatic heterocycles. The summed E-state index contributed by atoms with van der Waals surface area (Å²) in [5.74, 6) is 0.879. The minimum Gasteiger partial charge on any atom is -0.310 e. The van der Waals surface area contributed by atoms with Crippen molar-refractivity contribution in [3.05, 3.63) is 58.9 Å². The Labute approximate surface area is 176 Å². The van der Waals surface area contributed by atoms with Crippen molar-refractivity contribution in [1.82, 2.24) is 19.7 Å². The first kappa shape index (κ1) is 18.3. The molecule has 0 fully saturated rings. The van der Waals surface area contributed by atoms with Gasteiger partial charge in [0.1, 0.15) is 22.0 Å². The van der Waals surface area contributed by atoms with E-state index in [9.17, 15) is 4.79 Å². The second-order valence-electron chi connectivity index (χ2n) is 6.97. The summed E-state index contributed by atoms with van der Waals surface area (Å²) in [6.45, 7) is 1.92. The average molecular weight is 422 g/mol. The number of benzene rings is 1. The average Bonchev–Trinajstić information content (AvgIpc) is 3.41. The van der Waals surface area contributed by atoms with Crippen LogP contribution in [0.5, 0.6) is 0 Å². The van der Waals surface area contributed by atoms with Crippen molar-refractivity contribution in [3.8, 4) is 5.69 Å². The highest BCUT2D eigenvalue weighted by molar-refractivity contribution is 8.00. The number of carbonyl (C=O) groups is 1. The molecule has 1 aromatic carbocycles. The van der Waals surface area contributed by atoms with Crippen LogP contribution in [0.4, 0.5) is 5.82 Å². The number of anilines is 1. The number of nitrogens with one attached hydrogen (secondary N) is 1. The molecule has 0 aliphatic heterocycles. The van der Waals surface area contributed by atoms with Crippen molar-refractivity contribution in [2.75, 3.05) is 11.1 Å². The van der Waals surface area contributed by atoms with E-state index in [-0.39, 0.29) is 11.7 Å². The molecule has 0 spiro atoms. The molecule has 29 heavy (non-hydrogen) atoms. The minimum atomic E-state index is -0.0780. The SMILES string of the molecule is Cc1cc(NC(=O)CSc2ncnc3sc4c(c23)CCC4)n(-c2ccccc2)n1. The minimum absolute atomic E-state index is 0.0780. The molecule has 6 nitrogen and oxygen atoms in total. The molecule has 0 saturated carbocycles. The van der Waals surface area contributed by atoms with Gasteiger partial charge in [0, 0.05) is 16.3 Å². The molecule has 0 unspecified atom stereocenters. The van der Waals surface area contributed by atoms with Crippen molar-refractivity contribution < 1.29 is 4.79 Å². The van der Waals surface area contributed by atoms with Gasteiger partial charge in [-0.15, -0.1) is 11.3 Å². The van der Waals surface area contributed by atoms with E-state index in [2.05, 4.69) is 20.4 Å². The molecule has 4 aromatic rings. The highest BCUT2D eigenvalue weighted by atomic mass is 32.2. The lowest BCUT2D eigenvalue weighted by Crippen LogP contribution is -2.17. The predicted octanol–water partition coefficient (Wildman–Crippen LogP) is 4.40. The summed E-state index contributed by atoms with van der Waals surface area (Å²) in [5, 5.41) is 9.54. The Kier molecular flexibility index (Phi) is 4.81. The Hall–Kier alpha value is -2.71. The number of carbonyl (C=O) groups excluding carboxylic acids is 1. The fourth-order valence-corrected chi connectivity index (χ4v) is 5.80. The third-order valence-corrected chi connectivity index (χ3v) is 7.10. The summed E-state index contributed by atoms with van der Waals surface area (Å²) >= 11 is 3.23. The maximum atomic E-state index is 12.7. The number of nitrogens with zero attached hydrogens (tertiary/aromatic N) is 4. The lowest BCUT2D eigenvalue weighted by Gasteiger charge is -2.09. The van der Waals surface area contributed by atoms with Crippen molar-refractivity contribution in [1.29, 1.82) is 0 Å². The molecule has 1 amide bonds. The van der Waals surface area contributed by atoms with Crippen LogP contribution in [0.2, 0.25) is 0 Å². The zero-order valence-corrected chi connectivity index (χ0v) is 17.5. The second kappa shape index (κ2) is 7.61. The van der Waals surface area contributed by atoms with Crippen molar-refractivity contribution in [2.45, 2.75) is 31.2 Å². The molecule has 5 rings (SSSR count). The number of rotatable bonds is 5. The molecular formula is C21H19N5OS2. The zero-order chi connectivity index (χ0) is 19.8. The van der Waals surface area contributed by atoms with E-state index in [0.29, 0.717) is 5.82 Å². The van der Waals surface area contributed by atoms with Crippen LogP contribution in [0, 0.1) is 6.92 Å². The van der Waals surface area contributed by atoms with Crippen LogP contribution in [0.15, 0.2) is 47.8 Å². The molecule has 1 N–H and O–H groups in total. The van der Waals surface area contributed by atoms with Crippen LogP contribution in [0.25, 0.3) is 15.9 Å². The summed E-state index contributed by atoms with van der Waals surface area (Å²) in [6.07, 6.45) is 5.00. The molecule has 0 radical (unpaired) electrons. The van der Waals surface area contributed by atoms with E-state index in [4.69, 9.17) is 0 Å². The van der Waals surface area contributed by atoms with Gasteiger partial charge in [-0.3, -0.25) is 4.79 Å². The Morgan fingerprint density at radius 2 is 2.10 bits per heavy atom. The molecule has 8 heteroatoms. The van der Waals surface area contributed by atoms with Gasteiger partial charge in [0.15, 0.2) is 0 Å². The molecular weight excluding hydrogens is 402 g/mol. The van der Waals surface area contributed by atoms with E-state index in [0.717, 1.165) is 39.5 Å². The van der Waals surface area contributed by atoms with Crippen LogP contribution in [0.3, 0.4) is 0 Å². The standard InChI is InChI=1S/C21H19N5OS2/c1-13-10-17(26(25-13)14-6-3-2-4-7-14)24-18(27)11-28-20-19-15-8-5-9-16(15)29-21(19)23-12-22-20/h2-4,6-7,10,12H,5,8-9,11H2,1H3,(H,24,27). The lowest BCUT2D eigenvalue weighted by atomic mass is 10.2. The van der Waals surface area contributed by atoms with E-state index < -0.39 is 0 Å². The maximum absolute atomic E-state index is 12.7. The van der Waals surface area contributed by atoms with Gasteiger partial charge < -0.3 is 5.32 Å². The van der Waals surface area contributed by atoms with Gasteiger partial charge >= 0.3 is 0 Å². The number of amides is 1. The van der Waals surface area contributed by atoms with Crippen LogP contribution in [-0.2, 0) is 17.6 Å². The zero-order valence-electron chi connectivity index (χ0n) is 15.9. The second-order valence-corrected chi connectivity index (χ2v) is 9.02. The molecule has 1 aliphatic carbocycles. The van der Waals surface area contributed by atoms with Gasteiger partial charge in [-0.05, 0) is 43.9 Å². The third kappa shape index (κ3) is 3.54. The van der Waals surface area contributed by atoms with Crippen LogP contribution < -0.4 is 5.32 Å². The van der Waals surface area contributed by atoms with Crippen LogP contribution in [0.1, 0.15) is 22.6 Å². The van der Waals surface area contributed by atoms with Gasteiger partial charge in [0.05, 0.1) is 17.1 Å². The van der Waals surface area contributed by atoms with Gasteiger partial charge in [-0.25, -0.2) is 14.6 Å². The van der Waals surface area contributed by atoms with Gasteiger partial charge in [0.25, 0.3) is 0 Å². The predicted molar refractivity (Wildman–Crippen MR) is 117 cm³/mol. The Bertz CT molecular complexity index is 1200. The fraction of sp³-hybridized carbons (Fsp3) is 0.238. The number of hydrogen-bond acceptors (Lipinski definition) is 6. The normalized spacial score (nSPS) is 13.0. The summed E-state index contributed by atoms with van der Waals surface area (Å²) in [5.41, 5.74) is 3.14. The summed E-state index contributed by atoms with van der Waals surface area (Å²) in [4.78, 5) is 24.0. The molecule has 146 valence electrons. The van der Waals surface area contributed by atoms with Crippen LogP contribution in [-0.4, -0.2) is 31.4 Å². The maximum Gasteiger partial charge on any atom is 0.235 e. The lowest BCUT2D eigenvalue weighted by molar-refractivity contribution is -0.113. The number of thiophene rings is 1. The Morgan fingerprint density at radius 1 is 1.24 bits per heavy atom. The number of aryl methyl sites for hydroxylation is 3. The quantitative estimate of drug-likeness (QED) is 0.382. The van der Waals surface area contributed by atoms with Crippen molar-refractivity contribution >= 4 is 45.0 Å². The molecule has 0 saturated heterocycles. The number of thioether (sulfide) groups is 1. The van der Waals surface area contributed by atoms with E-state index in [1.54, 1.807) is 22.3 Å². The molecule has 0 bridgehead atoms. The summed E-state index contributed by atoms with van der Waals surface area (Å²) < 4.78 is 1.76. The van der Waals surface area contributed by atoms with Crippen molar-refractivity contribution in [3.63, 3.8) is 0 Å². The number of aromatic nitrogens is 4. The first-order valence-corrected chi connectivity index (χ1v) is 11.3. The van der Waals surface area contributed by atoms with Gasteiger partial charge in [-0.2, -0.15) is 5.10 Å². The number of para-hydroxylation sites is 1. The van der Waals surface area contributed by atoms with Gasteiger partial charge in [-0.1, -0.05) is 30.0 Å². The third-order valence-electron chi connectivity index (χ3n) is 4.91. The summed E-state index contributed by atoms with van der Waals surface area (Å²) in [7, 11) is 0. The monoisotopic (exact) mass is 421 g/mol. The number of fused-ring (bicyclic) bond motifs is 3. The Morgan fingerprint density at radius 3 is 2.97 bits per heavy atom. The fourth-order valence-electron chi connectivity index (χ4n) is 3.68. The largest absolute Gasteiger partial charge is 0.310 e. The van der Waals surface area contributed by atoms with Gasteiger partial charge in [0.2, 0.25) is 5.91 Å². The van der Waals surface area contributed by atoms with E-state index in [1.165, 1.54) is 28.6 Å².